The second-order valence-corrected chi connectivity index (χ2v) is 5.02. The van der Waals surface area contributed by atoms with Gasteiger partial charge in [0.15, 0.2) is 0 Å². The molecule has 4 nitrogen and oxygen atoms in total. The Morgan fingerprint density at radius 2 is 2.00 bits per heavy atom. The van der Waals surface area contributed by atoms with Crippen LogP contribution >= 0.6 is 0 Å². The average molecular weight is 248 g/mol. The first-order chi connectivity index (χ1) is 8.69. The summed E-state index contributed by atoms with van der Waals surface area (Å²) >= 11 is 0. The van der Waals surface area contributed by atoms with E-state index in [1.807, 2.05) is 7.05 Å². The highest BCUT2D eigenvalue weighted by Gasteiger charge is 2.25. The summed E-state index contributed by atoms with van der Waals surface area (Å²) in [6.07, 6.45) is 3.63. The summed E-state index contributed by atoms with van der Waals surface area (Å²) < 4.78 is 0. The topological polar surface area (TPSA) is 41.1 Å². The molecule has 1 fully saturated rings. The van der Waals surface area contributed by atoms with E-state index >= 15 is 0 Å². The van der Waals surface area contributed by atoms with Crippen molar-refractivity contribution in [3.05, 3.63) is 11.4 Å². The van der Waals surface area contributed by atoms with Gasteiger partial charge in [-0.05, 0) is 32.6 Å². The van der Waals surface area contributed by atoms with E-state index in [0.717, 1.165) is 48.5 Å². The maximum atomic E-state index is 4.73. The SMILES string of the molecule is CCc1nc(NC)c(C)c(N(CC)CC2CC2)n1. The lowest BCUT2D eigenvalue weighted by molar-refractivity contribution is 0.723. The average Bonchev–Trinajstić information content (AvgIpc) is 3.20. The molecule has 0 aliphatic heterocycles. The lowest BCUT2D eigenvalue weighted by Crippen LogP contribution is -2.28. The van der Waals surface area contributed by atoms with Crippen molar-refractivity contribution in [1.29, 1.82) is 0 Å². The Morgan fingerprint density at radius 1 is 1.28 bits per heavy atom. The highest BCUT2D eigenvalue weighted by molar-refractivity contribution is 5.58. The Morgan fingerprint density at radius 3 is 2.50 bits per heavy atom. The molecule has 2 rings (SSSR count). The Bertz CT molecular complexity index is 413. The number of aryl methyl sites for hydroxylation is 1. The molecule has 1 saturated carbocycles. The molecule has 1 aliphatic rings. The van der Waals surface area contributed by atoms with Gasteiger partial charge in [0.25, 0.3) is 0 Å². The van der Waals surface area contributed by atoms with Crippen molar-refractivity contribution in [2.24, 2.45) is 5.92 Å². The minimum absolute atomic E-state index is 0.877. The molecule has 100 valence electrons. The van der Waals surface area contributed by atoms with Gasteiger partial charge in [-0.2, -0.15) is 0 Å². The Kier molecular flexibility index (Phi) is 4.04. The van der Waals surface area contributed by atoms with Crippen LogP contribution in [0, 0.1) is 12.8 Å². The number of nitrogens with one attached hydrogen (secondary N) is 1. The second kappa shape index (κ2) is 5.55. The number of aromatic nitrogens is 2. The van der Waals surface area contributed by atoms with Crippen LogP contribution in [0.3, 0.4) is 0 Å². The van der Waals surface area contributed by atoms with Crippen molar-refractivity contribution in [2.45, 2.75) is 40.0 Å². The molecule has 0 amide bonds. The molecular weight excluding hydrogens is 224 g/mol. The molecule has 1 N–H and O–H groups in total. The van der Waals surface area contributed by atoms with Gasteiger partial charge in [0.1, 0.15) is 17.5 Å². The monoisotopic (exact) mass is 248 g/mol. The van der Waals surface area contributed by atoms with Gasteiger partial charge in [-0.1, -0.05) is 6.92 Å². The largest absolute Gasteiger partial charge is 0.373 e. The molecule has 4 heteroatoms. The molecule has 0 spiro atoms. The zero-order valence-electron chi connectivity index (χ0n) is 12.0. The fraction of sp³-hybridized carbons (Fsp3) is 0.714. The van der Waals surface area contributed by atoms with Gasteiger partial charge in [0, 0.05) is 32.1 Å². The summed E-state index contributed by atoms with van der Waals surface area (Å²) in [4.78, 5) is 11.7. The van der Waals surface area contributed by atoms with Gasteiger partial charge in [0.05, 0.1) is 0 Å². The molecule has 0 saturated heterocycles. The van der Waals surface area contributed by atoms with Crippen molar-refractivity contribution in [2.75, 3.05) is 30.4 Å². The normalized spacial score (nSPS) is 14.7. The van der Waals surface area contributed by atoms with E-state index in [2.05, 4.69) is 36.0 Å². The fourth-order valence-corrected chi connectivity index (χ4v) is 2.24. The molecule has 18 heavy (non-hydrogen) atoms. The molecule has 1 aromatic rings. The summed E-state index contributed by atoms with van der Waals surface area (Å²) in [6, 6.07) is 0. The Labute approximate surface area is 110 Å². The van der Waals surface area contributed by atoms with Gasteiger partial charge < -0.3 is 10.2 Å². The van der Waals surface area contributed by atoms with Gasteiger partial charge in [-0.3, -0.25) is 0 Å². The van der Waals surface area contributed by atoms with Crippen LogP contribution in [0.25, 0.3) is 0 Å². The molecule has 0 bridgehead atoms. The number of hydrogen-bond acceptors (Lipinski definition) is 4. The van der Waals surface area contributed by atoms with Crippen LogP contribution in [0.15, 0.2) is 0 Å². The van der Waals surface area contributed by atoms with Crippen LogP contribution in [0.5, 0.6) is 0 Å². The Hall–Kier alpha value is -1.32. The first-order valence-electron chi connectivity index (χ1n) is 6.99. The molecule has 1 heterocycles. The number of anilines is 2. The van der Waals surface area contributed by atoms with Crippen molar-refractivity contribution in [3.63, 3.8) is 0 Å². The van der Waals surface area contributed by atoms with Crippen LogP contribution in [-0.2, 0) is 6.42 Å². The zero-order chi connectivity index (χ0) is 13.1. The van der Waals surface area contributed by atoms with Gasteiger partial charge >= 0.3 is 0 Å². The predicted octanol–water partition coefficient (Wildman–Crippen LogP) is 2.63. The molecule has 1 aliphatic carbocycles. The van der Waals surface area contributed by atoms with Crippen LogP contribution in [0.2, 0.25) is 0 Å². The minimum atomic E-state index is 0.877. The summed E-state index contributed by atoms with van der Waals surface area (Å²) in [5.41, 5.74) is 1.16. The van der Waals surface area contributed by atoms with Gasteiger partial charge in [-0.25, -0.2) is 9.97 Å². The van der Waals surface area contributed by atoms with E-state index in [9.17, 15) is 0 Å². The maximum absolute atomic E-state index is 4.73. The summed E-state index contributed by atoms with van der Waals surface area (Å²) in [5, 5.41) is 3.18. The van der Waals surface area contributed by atoms with Crippen LogP contribution in [-0.4, -0.2) is 30.1 Å². The smallest absolute Gasteiger partial charge is 0.137 e. The minimum Gasteiger partial charge on any atom is -0.373 e. The summed E-state index contributed by atoms with van der Waals surface area (Å²) in [5.74, 6) is 3.88. The number of hydrogen-bond donors (Lipinski definition) is 1. The maximum Gasteiger partial charge on any atom is 0.137 e. The standard InChI is InChI=1S/C14H24N4/c1-5-12-16-13(15-4)10(3)14(17-12)18(6-2)9-11-7-8-11/h11H,5-9H2,1-4H3,(H,15,16,17). The third-order valence-corrected chi connectivity index (χ3v) is 3.58. The molecule has 0 radical (unpaired) electrons. The zero-order valence-corrected chi connectivity index (χ0v) is 12.0. The quantitative estimate of drug-likeness (QED) is 0.840. The molecule has 1 aromatic heterocycles. The summed E-state index contributed by atoms with van der Waals surface area (Å²) in [7, 11) is 1.93. The third kappa shape index (κ3) is 2.74. The molecule has 0 aromatic carbocycles. The van der Waals surface area contributed by atoms with Crippen molar-refractivity contribution >= 4 is 11.6 Å². The molecule has 0 atom stereocenters. The lowest BCUT2D eigenvalue weighted by Gasteiger charge is -2.25. The number of nitrogens with zero attached hydrogens (tertiary/aromatic N) is 3. The van der Waals surface area contributed by atoms with E-state index in [1.165, 1.54) is 12.8 Å². The highest BCUT2D eigenvalue weighted by Crippen LogP contribution is 2.32. The first-order valence-corrected chi connectivity index (χ1v) is 6.99. The highest BCUT2D eigenvalue weighted by atomic mass is 15.2. The van der Waals surface area contributed by atoms with Crippen molar-refractivity contribution < 1.29 is 0 Å². The predicted molar refractivity (Wildman–Crippen MR) is 76.3 cm³/mol. The van der Waals surface area contributed by atoms with Gasteiger partial charge in [0.2, 0.25) is 0 Å². The fourth-order valence-electron chi connectivity index (χ4n) is 2.24. The van der Waals surface area contributed by atoms with E-state index in [0.29, 0.717) is 0 Å². The van der Waals surface area contributed by atoms with Crippen LogP contribution in [0.4, 0.5) is 11.6 Å². The van der Waals surface area contributed by atoms with Crippen molar-refractivity contribution in [3.8, 4) is 0 Å². The van der Waals surface area contributed by atoms with E-state index in [-0.39, 0.29) is 0 Å². The van der Waals surface area contributed by atoms with Crippen LogP contribution in [0.1, 0.15) is 38.1 Å². The van der Waals surface area contributed by atoms with E-state index in [1.54, 1.807) is 0 Å². The van der Waals surface area contributed by atoms with Crippen molar-refractivity contribution in [1.82, 2.24) is 9.97 Å². The first kappa shape index (κ1) is 13.1. The number of rotatable bonds is 6. The van der Waals surface area contributed by atoms with E-state index in [4.69, 9.17) is 4.98 Å². The van der Waals surface area contributed by atoms with E-state index < -0.39 is 0 Å². The van der Waals surface area contributed by atoms with Crippen LogP contribution < -0.4 is 10.2 Å². The molecule has 0 unspecified atom stereocenters. The molecular formula is C14H24N4. The lowest BCUT2D eigenvalue weighted by atomic mass is 10.2. The summed E-state index contributed by atoms with van der Waals surface area (Å²) in [6.45, 7) is 8.57. The second-order valence-electron chi connectivity index (χ2n) is 5.02. The Balaban J connectivity index is 2.32. The third-order valence-electron chi connectivity index (χ3n) is 3.58. The van der Waals surface area contributed by atoms with Gasteiger partial charge in [-0.15, -0.1) is 0 Å².